The first kappa shape index (κ1) is 13.4. The van der Waals surface area contributed by atoms with Crippen LogP contribution < -0.4 is 5.32 Å². The molecule has 1 aromatic heterocycles. The summed E-state index contributed by atoms with van der Waals surface area (Å²) < 4.78 is 15.2. The first-order valence-electron chi connectivity index (χ1n) is 6.71. The van der Waals surface area contributed by atoms with E-state index in [0.29, 0.717) is 24.4 Å². The summed E-state index contributed by atoms with van der Waals surface area (Å²) in [7, 11) is 0. The molecule has 1 aliphatic heterocycles. The van der Waals surface area contributed by atoms with Crippen molar-refractivity contribution in [1.29, 1.82) is 0 Å². The zero-order valence-corrected chi connectivity index (χ0v) is 11.7. The fraction of sp³-hybridized carbons (Fsp3) is 0.429. The van der Waals surface area contributed by atoms with Crippen LogP contribution in [0, 0.1) is 5.82 Å². The third-order valence-corrected chi connectivity index (χ3v) is 3.80. The largest absolute Gasteiger partial charge is 0.354 e. The minimum absolute atomic E-state index is 0.00398. The number of amides is 1. The molecule has 1 aromatic carbocycles. The Kier molecular flexibility index (Phi) is 3.61. The van der Waals surface area contributed by atoms with Crippen molar-refractivity contribution in [2.45, 2.75) is 25.3 Å². The van der Waals surface area contributed by atoms with Crippen LogP contribution in [0.5, 0.6) is 0 Å². The monoisotopic (exact) mass is 295 g/mol. The zero-order chi connectivity index (χ0) is 14.1. The topological polar surface area (TPSA) is 46.9 Å². The molecule has 4 nitrogen and oxygen atoms in total. The highest BCUT2D eigenvalue weighted by molar-refractivity contribution is 6.17. The Labute approximate surface area is 120 Å². The van der Waals surface area contributed by atoms with Crippen LogP contribution in [0.4, 0.5) is 4.39 Å². The Balaban J connectivity index is 2.15. The second-order valence-corrected chi connectivity index (χ2v) is 5.30. The molecule has 0 saturated carbocycles. The van der Waals surface area contributed by atoms with Gasteiger partial charge in [0.15, 0.2) is 0 Å². The van der Waals surface area contributed by atoms with Crippen LogP contribution >= 0.6 is 11.6 Å². The first-order chi connectivity index (χ1) is 9.70. The molecule has 106 valence electrons. The maximum Gasteiger partial charge on any atom is 0.243 e. The third-order valence-electron chi connectivity index (χ3n) is 3.61. The summed E-state index contributed by atoms with van der Waals surface area (Å²) in [5, 5.41) is 2.87. The Hall–Kier alpha value is -1.62. The molecule has 1 aliphatic rings. The molecule has 1 unspecified atom stereocenters. The van der Waals surface area contributed by atoms with Crippen molar-refractivity contribution in [3.05, 3.63) is 29.8 Å². The highest BCUT2D eigenvalue weighted by Crippen LogP contribution is 2.27. The smallest absolute Gasteiger partial charge is 0.243 e. The fourth-order valence-electron chi connectivity index (χ4n) is 2.73. The number of hydrogen-bond acceptors (Lipinski definition) is 2. The van der Waals surface area contributed by atoms with Gasteiger partial charge in [-0.05, 0) is 25.0 Å². The van der Waals surface area contributed by atoms with Crippen LogP contribution in [-0.4, -0.2) is 27.9 Å². The van der Waals surface area contributed by atoms with E-state index in [1.165, 1.54) is 12.1 Å². The number of carbonyl (C=O) groups excluding carboxylic acids is 1. The molecule has 0 spiro atoms. The lowest BCUT2D eigenvalue weighted by Gasteiger charge is -2.25. The predicted molar refractivity (Wildman–Crippen MR) is 75.4 cm³/mol. The maximum absolute atomic E-state index is 13.3. The van der Waals surface area contributed by atoms with E-state index in [9.17, 15) is 9.18 Å². The quantitative estimate of drug-likeness (QED) is 0.884. The predicted octanol–water partition coefficient (Wildman–Crippen LogP) is 2.41. The SMILES string of the molecule is O=C1NCCCC1n1c(CCCl)nc2cc(F)ccc21. The second-order valence-electron chi connectivity index (χ2n) is 4.92. The average molecular weight is 296 g/mol. The van der Waals surface area contributed by atoms with E-state index in [1.807, 2.05) is 4.57 Å². The van der Waals surface area contributed by atoms with Crippen molar-refractivity contribution in [1.82, 2.24) is 14.9 Å². The molecule has 6 heteroatoms. The van der Waals surface area contributed by atoms with Crippen LogP contribution in [-0.2, 0) is 11.2 Å². The van der Waals surface area contributed by atoms with Crippen molar-refractivity contribution in [3.63, 3.8) is 0 Å². The zero-order valence-electron chi connectivity index (χ0n) is 10.9. The molecule has 3 rings (SSSR count). The van der Waals surface area contributed by atoms with Gasteiger partial charge in [-0.1, -0.05) is 0 Å². The average Bonchev–Trinajstić information content (AvgIpc) is 2.77. The van der Waals surface area contributed by atoms with Gasteiger partial charge in [0.1, 0.15) is 17.7 Å². The van der Waals surface area contributed by atoms with Crippen molar-refractivity contribution in [2.75, 3.05) is 12.4 Å². The van der Waals surface area contributed by atoms with Gasteiger partial charge in [-0.15, -0.1) is 11.6 Å². The fourth-order valence-corrected chi connectivity index (χ4v) is 2.90. The number of benzene rings is 1. The van der Waals surface area contributed by atoms with E-state index >= 15 is 0 Å². The van der Waals surface area contributed by atoms with Crippen molar-refractivity contribution < 1.29 is 9.18 Å². The number of aromatic nitrogens is 2. The van der Waals surface area contributed by atoms with E-state index in [1.54, 1.807) is 6.07 Å². The highest BCUT2D eigenvalue weighted by Gasteiger charge is 2.27. The Morgan fingerprint density at radius 1 is 1.50 bits per heavy atom. The van der Waals surface area contributed by atoms with Crippen molar-refractivity contribution in [2.24, 2.45) is 0 Å². The van der Waals surface area contributed by atoms with Crippen molar-refractivity contribution in [3.8, 4) is 0 Å². The van der Waals surface area contributed by atoms with Gasteiger partial charge in [0.05, 0.1) is 11.0 Å². The number of imidazole rings is 1. The molecule has 0 bridgehead atoms. The van der Waals surface area contributed by atoms with Gasteiger partial charge in [0.25, 0.3) is 0 Å². The van der Waals surface area contributed by atoms with Crippen LogP contribution in [0.1, 0.15) is 24.7 Å². The van der Waals surface area contributed by atoms with Crippen LogP contribution in [0.25, 0.3) is 11.0 Å². The van der Waals surface area contributed by atoms with Crippen LogP contribution in [0.3, 0.4) is 0 Å². The second kappa shape index (κ2) is 5.40. The summed E-state index contributed by atoms with van der Waals surface area (Å²) in [6.45, 7) is 0.710. The molecular formula is C14H15ClFN3O. The summed E-state index contributed by atoms with van der Waals surface area (Å²) in [6.07, 6.45) is 2.25. The molecule has 1 N–H and O–H groups in total. The molecule has 2 aromatic rings. The number of rotatable bonds is 3. The summed E-state index contributed by atoms with van der Waals surface area (Å²) in [5.74, 6) is 0.825. The summed E-state index contributed by atoms with van der Waals surface area (Å²) >= 11 is 5.81. The Morgan fingerprint density at radius 3 is 3.10 bits per heavy atom. The van der Waals surface area contributed by atoms with Gasteiger partial charge >= 0.3 is 0 Å². The van der Waals surface area contributed by atoms with Crippen LogP contribution in [0.2, 0.25) is 0 Å². The summed E-state index contributed by atoms with van der Waals surface area (Å²) in [4.78, 5) is 16.5. The van der Waals surface area contributed by atoms with E-state index in [0.717, 1.165) is 24.2 Å². The van der Waals surface area contributed by atoms with E-state index in [2.05, 4.69) is 10.3 Å². The van der Waals surface area contributed by atoms with Gasteiger partial charge in [-0.25, -0.2) is 9.37 Å². The molecule has 1 amide bonds. The van der Waals surface area contributed by atoms with Gasteiger partial charge in [0.2, 0.25) is 5.91 Å². The number of halogens is 2. The minimum Gasteiger partial charge on any atom is -0.354 e. The Bertz CT molecular complexity index is 655. The molecule has 1 fully saturated rings. The normalized spacial score (nSPS) is 19.3. The number of piperidine rings is 1. The van der Waals surface area contributed by atoms with E-state index < -0.39 is 0 Å². The third kappa shape index (κ3) is 2.26. The molecule has 1 atom stereocenters. The maximum atomic E-state index is 13.3. The lowest BCUT2D eigenvalue weighted by atomic mass is 10.1. The number of nitrogens with zero attached hydrogens (tertiary/aromatic N) is 2. The molecule has 2 heterocycles. The molecule has 0 aliphatic carbocycles. The number of fused-ring (bicyclic) bond motifs is 1. The van der Waals surface area contributed by atoms with Crippen molar-refractivity contribution >= 4 is 28.5 Å². The number of aryl methyl sites for hydroxylation is 1. The minimum atomic E-state index is -0.326. The molecule has 20 heavy (non-hydrogen) atoms. The van der Waals surface area contributed by atoms with Crippen LogP contribution in [0.15, 0.2) is 18.2 Å². The van der Waals surface area contributed by atoms with Gasteiger partial charge in [0, 0.05) is 24.9 Å². The highest BCUT2D eigenvalue weighted by atomic mass is 35.5. The van der Waals surface area contributed by atoms with Gasteiger partial charge in [-0.2, -0.15) is 0 Å². The Morgan fingerprint density at radius 2 is 2.35 bits per heavy atom. The molecular weight excluding hydrogens is 281 g/mol. The number of nitrogens with one attached hydrogen (secondary N) is 1. The van der Waals surface area contributed by atoms with E-state index in [4.69, 9.17) is 11.6 Å². The van der Waals surface area contributed by atoms with Gasteiger partial charge < -0.3 is 9.88 Å². The summed E-state index contributed by atoms with van der Waals surface area (Å²) in [5.41, 5.74) is 1.36. The first-order valence-corrected chi connectivity index (χ1v) is 7.24. The standard InChI is InChI=1S/C14H15ClFN3O/c15-6-5-13-18-10-8-9(16)3-4-11(10)19(13)12-2-1-7-17-14(12)20/h3-4,8,12H,1-2,5-7H2,(H,17,20). The summed E-state index contributed by atoms with van der Waals surface area (Å²) in [6, 6.07) is 4.19. The number of carbonyl (C=O) groups is 1. The lowest BCUT2D eigenvalue weighted by Crippen LogP contribution is -2.38. The lowest BCUT2D eigenvalue weighted by molar-refractivity contribution is -0.125. The number of alkyl halides is 1. The molecule has 1 saturated heterocycles. The number of hydrogen-bond donors (Lipinski definition) is 1. The van der Waals surface area contributed by atoms with E-state index in [-0.39, 0.29) is 17.8 Å². The van der Waals surface area contributed by atoms with Gasteiger partial charge in [-0.3, -0.25) is 4.79 Å². The molecule has 0 radical (unpaired) electrons.